The monoisotopic (exact) mass is 440 g/mol. The number of morpholine rings is 1. The molecule has 0 spiro atoms. The van der Waals surface area contributed by atoms with E-state index in [1.807, 2.05) is 18.2 Å². The van der Waals surface area contributed by atoms with E-state index in [1.54, 1.807) is 23.1 Å². The lowest BCUT2D eigenvalue weighted by molar-refractivity contribution is -0.139. The van der Waals surface area contributed by atoms with Crippen LogP contribution in [0.4, 0.5) is 9.18 Å². The summed E-state index contributed by atoms with van der Waals surface area (Å²) in [7, 11) is 0. The van der Waals surface area contributed by atoms with Crippen molar-refractivity contribution in [3.8, 4) is 0 Å². The summed E-state index contributed by atoms with van der Waals surface area (Å²) >= 11 is 0. The van der Waals surface area contributed by atoms with Crippen molar-refractivity contribution in [1.82, 2.24) is 20.1 Å². The minimum Gasteiger partial charge on any atom is -0.368 e. The zero-order valence-electron chi connectivity index (χ0n) is 17.6. The van der Waals surface area contributed by atoms with E-state index in [4.69, 9.17) is 4.74 Å². The van der Waals surface area contributed by atoms with Crippen LogP contribution in [0.15, 0.2) is 42.5 Å². The number of urea groups is 1. The maximum Gasteiger partial charge on any atom is 0.324 e. The van der Waals surface area contributed by atoms with E-state index in [0.717, 1.165) is 10.6 Å². The summed E-state index contributed by atoms with van der Waals surface area (Å²) < 4.78 is 19.8. The number of aromatic nitrogens is 1. The number of halogens is 1. The lowest BCUT2D eigenvalue weighted by Crippen LogP contribution is -2.42. The van der Waals surface area contributed by atoms with Gasteiger partial charge < -0.3 is 15.0 Å². The van der Waals surface area contributed by atoms with Crippen LogP contribution >= 0.6 is 0 Å². The van der Waals surface area contributed by atoms with Gasteiger partial charge in [-0.1, -0.05) is 24.3 Å². The topological polar surface area (TPSA) is 91.8 Å². The molecule has 1 aromatic carbocycles. The largest absolute Gasteiger partial charge is 0.368 e. The second kappa shape index (κ2) is 9.86. The first-order chi connectivity index (χ1) is 15.5. The van der Waals surface area contributed by atoms with E-state index in [0.29, 0.717) is 43.8 Å². The van der Waals surface area contributed by atoms with Crippen LogP contribution < -0.4 is 5.32 Å². The highest BCUT2D eigenvalue weighted by molar-refractivity contribution is 6.01. The molecule has 4 rings (SSSR count). The quantitative estimate of drug-likeness (QED) is 0.666. The Morgan fingerprint density at radius 3 is 2.81 bits per heavy atom. The Hall–Kier alpha value is -3.33. The smallest absolute Gasteiger partial charge is 0.324 e. The van der Waals surface area contributed by atoms with Crippen molar-refractivity contribution in [3.63, 3.8) is 0 Å². The third kappa shape index (κ3) is 5.11. The number of carbonyl (C=O) groups excluding carboxylic acids is 3. The molecule has 1 aromatic heterocycles. The first kappa shape index (κ1) is 21.9. The van der Waals surface area contributed by atoms with Gasteiger partial charge in [0.05, 0.1) is 25.4 Å². The van der Waals surface area contributed by atoms with Crippen LogP contribution in [0.5, 0.6) is 0 Å². The third-order valence-corrected chi connectivity index (χ3v) is 5.62. The Kier molecular flexibility index (Phi) is 6.75. The molecule has 9 heteroatoms. The van der Waals surface area contributed by atoms with Crippen LogP contribution in [0.1, 0.15) is 35.9 Å². The molecule has 0 bridgehead atoms. The Balaban J connectivity index is 1.33. The van der Waals surface area contributed by atoms with E-state index in [9.17, 15) is 18.8 Å². The lowest BCUT2D eigenvalue weighted by atomic mass is 10.1. The van der Waals surface area contributed by atoms with Crippen LogP contribution in [0.3, 0.4) is 0 Å². The Morgan fingerprint density at radius 1 is 1.19 bits per heavy atom. The van der Waals surface area contributed by atoms with E-state index in [1.165, 1.54) is 6.07 Å². The summed E-state index contributed by atoms with van der Waals surface area (Å²) in [6.07, 6.45) is 0.666. The van der Waals surface area contributed by atoms with E-state index >= 15 is 0 Å². The summed E-state index contributed by atoms with van der Waals surface area (Å²) in [5.74, 6) is -0.582. The standard InChI is InChI=1S/C23H25FN4O4/c24-18-7-2-1-5-16(18)13-17-6-3-8-19(26-17)20-15-27(11-12-32-20)21(29)9-4-10-28-22(30)14-25-23(28)31/h1-3,5-8,20H,4,9-15H2,(H,25,31). The molecule has 1 unspecified atom stereocenters. The average Bonchev–Trinajstić information content (AvgIpc) is 3.13. The van der Waals surface area contributed by atoms with Crippen molar-refractivity contribution in [3.05, 3.63) is 65.2 Å². The number of amides is 4. The number of benzene rings is 1. The highest BCUT2D eigenvalue weighted by atomic mass is 19.1. The highest BCUT2D eigenvalue weighted by Gasteiger charge is 2.29. The number of imide groups is 1. The first-order valence-corrected chi connectivity index (χ1v) is 10.7. The summed E-state index contributed by atoms with van der Waals surface area (Å²) in [6, 6.07) is 11.8. The SMILES string of the molecule is O=C(CCCN1C(=O)CNC1=O)N1CCOC(c2cccc(Cc3ccccc3F)n2)C1. The van der Waals surface area contributed by atoms with Gasteiger partial charge in [0.2, 0.25) is 11.8 Å². The van der Waals surface area contributed by atoms with Crippen molar-refractivity contribution in [2.24, 2.45) is 0 Å². The average molecular weight is 440 g/mol. The number of nitrogens with one attached hydrogen (secondary N) is 1. The molecule has 0 saturated carbocycles. The van der Waals surface area contributed by atoms with Crippen LogP contribution in [0.2, 0.25) is 0 Å². The van der Waals surface area contributed by atoms with Crippen LogP contribution in [0, 0.1) is 5.82 Å². The Labute approximate surface area is 185 Å². The van der Waals surface area contributed by atoms with Crippen LogP contribution in [-0.2, 0) is 20.7 Å². The van der Waals surface area contributed by atoms with Gasteiger partial charge in [-0.05, 0) is 30.2 Å². The maximum atomic E-state index is 14.0. The van der Waals surface area contributed by atoms with E-state index < -0.39 is 6.03 Å². The number of hydrogen-bond acceptors (Lipinski definition) is 5. The van der Waals surface area contributed by atoms with Gasteiger partial charge in [-0.25, -0.2) is 9.18 Å². The molecule has 2 saturated heterocycles. The molecule has 8 nitrogen and oxygen atoms in total. The van der Waals surface area contributed by atoms with Gasteiger partial charge in [-0.3, -0.25) is 19.5 Å². The normalized spacial score (nSPS) is 18.7. The van der Waals surface area contributed by atoms with Crippen molar-refractivity contribution in [2.75, 3.05) is 32.8 Å². The van der Waals surface area contributed by atoms with Gasteiger partial charge in [0.1, 0.15) is 11.9 Å². The van der Waals surface area contributed by atoms with Gasteiger partial charge in [0.15, 0.2) is 0 Å². The van der Waals surface area contributed by atoms with Gasteiger partial charge in [0, 0.05) is 31.6 Å². The van der Waals surface area contributed by atoms with E-state index in [-0.39, 0.29) is 43.2 Å². The first-order valence-electron chi connectivity index (χ1n) is 10.7. The Bertz CT molecular complexity index is 999. The third-order valence-electron chi connectivity index (χ3n) is 5.62. The Morgan fingerprint density at radius 2 is 2.03 bits per heavy atom. The molecule has 0 radical (unpaired) electrons. The van der Waals surface area contributed by atoms with Gasteiger partial charge >= 0.3 is 6.03 Å². The predicted octanol–water partition coefficient (Wildman–Crippen LogP) is 2.04. The van der Waals surface area contributed by atoms with Gasteiger partial charge in [-0.2, -0.15) is 0 Å². The number of rotatable bonds is 7. The number of ether oxygens (including phenoxy) is 1. The van der Waals surface area contributed by atoms with Crippen molar-refractivity contribution in [1.29, 1.82) is 0 Å². The molecule has 2 aromatic rings. The number of carbonyl (C=O) groups is 3. The molecule has 3 heterocycles. The second-order valence-corrected chi connectivity index (χ2v) is 7.83. The van der Waals surface area contributed by atoms with Crippen molar-refractivity contribution in [2.45, 2.75) is 25.4 Å². The molecule has 168 valence electrons. The fourth-order valence-electron chi connectivity index (χ4n) is 3.90. The molecule has 1 N–H and O–H groups in total. The zero-order chi connectivity index (χ0) is 22.5. The molecule has 32 heavy (non-hydrogen) atoms. The maximum absolute atomic E-state index is 14.0. The minimum atomic E-state index is -0.407. The summed E-state index contributed by atoms with van der Waals surface area (Å²) in [6.45, 7) is 1.48. The fraction of sp³-hybridized carbons (Fsp3) is 0.391. The van der Waals surface area contributed by atoms with Crippen molar-refractivity contribution < 1.29 is 23.5 Å². The van der Waals surface area contributed by atoms with E-state index in [2.05, 4.69) is 10.3 Å². The van der Waals surface area contributed by atoms with Gasteiger partial charge in [0.25, 0.3) is 0 Å². The molecular weight excluding hydrogens is 415 g/mol. The molecule has 2 aliphatic rings. The lowest BCUT2D eigenvalue weighted by Gasteiger charge is -2.33. The summed E-state index contributed by atoms with van der Waals surface area (Å²) in [5, 5.41) is 2.47. The predicted molar refractivity (Wildman–Crippen MR) is 113 cm³/mol. The fourth-order valence-corrected chi connectivity index (χ4v) is 3.90. The minimum absolute atomic E-state index is 0.0148. The molecule has 2 aliphatic heterocycles. The molecular formula is C23H25FN4O4. The highest BCUT2D eigenvalue weighted by Crippen LogP contribution is 2.22. The van der Waals surface area contributed by atoms with Crippen LogP contribution in [0.25, 0.3) is 0 Å². The molecule has 2 fully saturated rings. The molecule has 1 atom stereocenters. The van der Waals surface area contributed by atoms with Crippen molar-refractivity contribution >= 4 is 17.8 Å². The number of pyridine rings is 1. The van der Waals surface area contributed by atoms with Crippen LogP contribution in [-0.4, -0.2) is 65.4 Å². The molecule has 4 amide bonds. The van der Waals surface area contributed by atoms with Gasteiger partial charge in [-0.15, -0.1) is 0 Å². The number of nitrogens with zero attached hydrogens (tertiary/aromatic N) is 3. The molecule has 0 aliphatic carbocycles. The number of hydrogen-bond donors (Lipinski definition) is 1. The summed E-state index contributed by atoms with van der Waals surface area (Å²) in [5.41, 5.74) is 2.01. The zero-order valence-corrected chi connectivity index (χ0v) is 17.6. The second-order valence-electron chi connectivity index (χ2n) is 7.83. The summed E-state index contributed by atoms with van der Waals surface area (Å²) in [4.78, 5) is 43.4.